The van der Waals surface area contributed by atoms with E-state index >= 15 is 0 Å². The summed E-state index contributed by atoms with van der Waals surface area (Å²) in [6, 6.07) is 2.07. The second-order valence-corrected chi connectivity index (χ2v) is 6.34. The second kappa shape index (κ2) is 7.24. The largest absolute Gasteiger partial charge is 0.417 e. The molecule has 0 atom stereocenters. The van der Waals surface area contributed by atoms with Crippen LogP contribution in [-0.4, -0.2) is 39.1 Å². The number of aliphatic hydroxyl groups is 1. The van der Waals surface area contributed by atoms with Crippen molar-refractivity contribution in [2.24, 2.45) is 0 Å². The molecule has 10 heteroatoms. The highest BCUT2D eigenvalue weighted by atomic mass is 35.5. The number of halogens is 4. The summed E-state index contributed by atoms with van der Waals surface area (Å²) in [4.78, 5) is 18.0. The van der Waals surface area contributed by atoms with Gasteiger partial charge in [-0.25, -0.2) is 4.98 Å². The highest BCUT2D eigenvalue weighted by Gasteiger charge is 2.31. The van der Waals surface area contributed by atoms with Gasteiger partial charge in [-0.2, -0.15) is 23.0 Å². The molecule has 0 bridgehead atoms. The van der Waals surface area contributed by atoms with Gasteiger partial charge in [0.1, 0.15) is 5.02 Å². The van der Waals surface area contributed by atoms with Crippen LogP contribution in [-0.2, 0) is 6.18 Å². The van der Waals surface area contributed by atoms with Gasteiger partial charge in [-0.05, 0) is 31.4 Å². The smallest absolute Gasteiger partial charge is 0.395 e. The lowest BCUT2D eigenvalue weighted by Gasteiger charge is -2.39. The number of rotatable bonds is 5. The number of hydrogen-bond acceptors (Lipinski definition) is 5. The molecule has 0 aromatic carbocycles. The van der Waals surface area contributed by atoms with Crippen LogP contribution >= 0.6 is 11.6 Å². The summed E-state index contributed by atoms with van der Waals surface area (Å²) in [5.41, 5.74) is -1.20. The van der Waals surface area contributed by atoms with Crippen molar-refractivity contribution in [2.45, 2.75) is 31.5 Å². The molecule has 2 heterocycles. The highest BCUT2D eigenvalue weighted by molar-refractivity contribution is 6.33. The molecule has 0 amide bonds. The predicted octanol–water partition coefficient (Wildman–Crippen LogP) is 2.65. The summed E-state index contributed by atoms with van der Waals surface area (Å²) in [5, 5.41) is 13.1. The minimum Gasteiger partial charge on any atom is -0.395 e. The zero-order valence-corrected chi connectivity index (χ0v) is 14.3. The Hall–Kier alpha value is -2.13. The first kappa shape index (κ1) is 18.7. The van der Waals surface area contributed by atoms with E-state index in [0.717, 1.165) is 36.1 Å². The third-order valence-electron chi connectivity index (χ3n) is 4.36. The van der Waals surface area contributed by atoms with Crippen LogP contribution in [0.5, 0.6) is 0 Å². The number of alkyl halides is 3. The summed E-state index contributed by atoms with van der Waals surface area (Å²) < 4.78 is 38.7. The molecule has 3 rings (SSSR count). The Bertz CT molecular complexity index is 835. The summed E-state index contributed by atoms with van der Waals surface area (Å²) in [5.74, 6) is -0.0613. The zero-order chi connectivity index (χ0) is 18.9. The number of nitrogens with zero attached hydrogens (tertiary/aromatic N) is 4. The Morgan fingerprint density at radius 3 is 2.54 bits per heavy atom. The highest BCUT2D eigenvalue weighted by Crippen LogP contribution is 2.32. The van der Waals surface area contributed by atoms with Gasteiger partial charge in [-0.1, -0.05) is 11.6 Å². The van der Waals surface area contributed by atoms with Crippen LogP contribution in [0.3, 0.4) is 0 Å². The van der Waals surface area contributed by atoms with Crippen molar-refractivity contribution < 1.29 is 18.3 Å². The molecule has 1 aliphatic rings. The van der Waals surface area contributed by atoms with Crippen LogP contribution in [0.2, 0.25) is 5.02 Å². The Kier molecular flexibility index (Phi) is 5.19. The summed E-state index contributed by atoms with van der Waals surface area (Å²) in [6.45, 7) is 0.213. The molecule has 2 aromatic heterocycles. The number of aliphatic hydroxyl groups excluding tert-OH is 1. The molecule has 0 radical (unpaired) electrons. The Balaban J connectivity index is 1.95. The molecule has 6 nitrogen and oxygen atoms in total. The topological polar surface area (TPSA) is 71.2 Å². The SMILES string of the molecule is O=c1c(Cl)c(N(CCO)C2CCC2)cnn1-c1ccc(C(F)(F)F)cn1. The van der Waals surface area contributed by atoms with Crippen LogP contribution in [0.25, 0.3) is 5.82 Å². The van der Waals surface area contributed by atoms with Crippen molar-refractivity contribution in [1.29, 1.82) is 0 Å². The fourth-order valence-electron chi connectivity index (χ4n) is 2.77. The van der Waals surface area contributed by atoms with Gasteiger partial charge in [-0.15, -0.1) is 0 Å². The Morgan fingerprint density at radius 2 is 2.04 bits per heavy atom. The molecule has 0 unspecified atom stereocenters. The van der Waals surface area contributed by atoms with E-state index in [1.807, 2.05) is 4.90 Å². The van der Waals surface area contributed by atoms with Crippen LogP contribution in [0, 0.1) is 0 Å². The van der Waals surface area contributed by atoms with Gasteiger partial charge >= 0.3 is 6.18 Å². The molecule has 0 saturated heterocycles. The first-order valence-corrected chi connectivity index (χ1v) is 8.39. The third kappa shape index (κ3) is 3.54. The first-order valence-electron chi connectivity index (χ1n) is 8.02. The van der Waals surface area contributed by atoms with Crippen LogP contribution in [0.1, 0.15) is 24.8 Å². The van der Waals surface area contributed by atoms with Gasteiger partial charge in [0.25, 0.3) is 5.56 Å². The van der Waals surface area contributed by atoms with E-state index in [2.05, 4.69) is 10.1 Å². The molecule has 26 heavy (non-hydrogen) atoms. The molecule has 2 aromatic rings. The van der Waals surface area contributed by atoms with E-state index in [-0.39, 0.29) is 23.5 Å². The molecule has 0 spiro atoms. The van der Waals surface area contributed by atoms with Crippen molar-refractivity contribution in [3.8, 4) is 5.82 Å². The van der Waals surface area contributed by atoms with Crippen LogP contribution in [0.15, 0.2) is 29.3 Å². The predicted molar refractivity (Wildman–Crippen MR) is 89.7 cm³/mol. The van der Waals surface area contributed by atoms with Crippen molar-refractivity contribution in [3.63, 3.8) is 0 Å². The number of hydrogen-bond donors (Lipinski definition) is 1. The normalized spacial score (nSPS) is 15.0. The van der Waals surface area contributed by atoms with Crippen molar-refractivity contribution in [3.05, 3.63) is 45.5 Å². The lowest BCUT2D eigenvalue weighted by molar-refractivity contribution is -0.137. The number of anilines is 1. The minimum atomic E-state index is -4.51. The van der Waals surface area contributed by atoms with Crippen molar-refractivity contribution in [2.75, 3.05) is 18.1 Å². The van der Waals surface area contributed by atoms with E-state index in [9.17, 15) is 23.1 Å². The molecule has 0 aliphatic heterocycles. The summed E-state index contributed by atoms with van der Waals surface area (Å²) in [6.07, 6.45) is 0.414. The Morgan fingerprint density at radius 1 is 1.31 bits per heavy atom. The van der Waals surface area contributed by atoms with Crippen molar-refractivity contribution >= 4 is 17.3 Å². The van der Waals surface area contributed by atoms with Gasteiger partial charge in [0.15, 0.2) is 5.82 Å². The molecule has 1 N–H and O–H groups in total. The van der Waals surface area contributed by atoms with Gasteiger partial charge in [0, 0.05) is 18.8 Å². The van der Waals surface area contributed by atoms with E-state index in [0.29, 0.717) is 18.4 Å². The fraction of sp³-hybridized carbons (Fsp3) is 0.438. The van der Waals surface area contributed by atoms with E-state index in [1.165, 1.54) is 6.20 Å². The third-order valence-corrected chi connectivity index (χ3v) is 4.71. The number of pyridine rings is 1. The lowest BCUT2D eigenvalue weighted by atomic mass is 9.91. The average Bonchev–Trinajstić information content (AvgIpc) is 2.55. The van der Waals surface area contributed by atoms with E-state index in [1.54, 1.807) is 0 Å². The van der Waals surface area contributed by atoms with Crippen molar-refractivity contribution in [1.82, 2.24) is 14.8 Å². The van der Waals surface area contributed by atoms with Crippen LogP contribution in [0.4, 0.5) is 18.9 Å². The second-order valence-electron chi connectivity index (χ2n) is 5.97. The first-order chi connectivity index (χ1) is 12.3. The lowest BCUT2D eigenvalue weighted by Crippen LogP contribution is -2.43. The fourth-order valence-corrected chi connectivity index (χ4v) is 3.01. The molecule has 140 valence electrons. The van der Waals surface area contributed by atoms with Gasteiger partial charge in [0.05, 0.1) is 24.1 Å². The summed E-state index contributed by atoms with van der Waals surface area (Å²) in [7, 11) is 0. The molecule has 1 fully saturated rings. The number of aromatic nitrogens is 3. The van der Waals surface area contributed by atoms with E-state index in [4.69, 9.17) is 11.6 Å². The average molecular weight is 389 g/mol. The zero-order valence-electron chi connectivity index (χ0n) is 13.6. The monoisotopic (exact) mass is 388 g/mol. The van der Waals surface area contributed by atoms with Gasteiger partial charge in [-0.3, -0.25) is 4.79 Å². The summed E-state index contributed by atoms with van der Waals surface area (Å²) >= 11 is 6.20. The van der Waals surface area contributed by atoms with E-state index < -0.39 is 17.3 Å². The quantitative estimate of drug-likeness (QED) is 0.852. The maximum atomic E-state index is 12.6. The molecular weight excluding hydrogens is 373 g/mol. The minimum absolute atomic E-state index is 0.0613. The van der Waals surface area contributed by atoms with Crippen LogP contribution < -0.4 is 10.5 Å². The van der Waals surface area contributed by atoms with Gasteiger partial charge < -0.3 is 10.0 Å². The standard InChI is InChI=1S/C16H16ClF3N4O2/c17-14-12(23(6-7-25)11-2-1-3-11)9-22-24(15(14)26)13-5-4-10(8-21-13)16(18,19)20/h4-5,8-9,11,25H,1-3,6-7H2. The maximum absolute atomic E-state index is 12.6. The molecule has 1 saturated carbocycles. The maximum Gasteiger partial charge on any atom is 0.417 e. The Labute approximate surface area is 151 Å². The van der Waals surface area contributed by atoms with Gasteiger partial charge in [0.2, 0.25) is 0 Å². The molecule has 1 aliphatic carbocycles. The molecular formula is C16H16ClF3N4O2.